The Kier molecular flexibility index (Phi) is 12.1. The van der Waals surface area contributed by atoms with Gasteiger partial charge in [-0.1, -0.05) is 108 Å². The molecular formula is C46H32Cl2F8N2O2. The van der Waals surface area contributed by atoms with Crippen LogP contribution in [0.15, 0.2) is 143 Å². The molecule has 0 saturated heterocycles. The van der Waals surface area contributed by atoms with Crippen LogP contribution in [0.3, 0.4) is 0 Å². The first-order valence-electron chi connectivity index (χ1n) is 18.4. The van der Waals surface area contributed by atoms with Gasteiger partial charge in [0.05, 0.1) is 32.3 Å². The van der Waals surface area contributed by atoms with Crippen molar-refractivity contribution in [3.63, 3.8) is 0 Å². The number of benzene rings is 6. The average Bonchev–Trinajstić information content (AvgIpc) is 3.79. The maximum absolute atomic E-state index is 14.2. The van der Waals surface area contributed by atoms with E-state index in [0.29, 0.717) is 11.1 Å². The van der Waals surface area contributed by atoms with Gasteiger partial charge in [0.1, 0.15) is 35.9 Å². The van der Waals surface area contributed by atoms with Gasteiger partial charge in [-0.05, 0) is 95.8 Å². The molecule has 0 aliphatic carbocycles. The van der Waals surface area contributed by atoms with Crippen molar-refractivity contribution in [2.75, 3.05) is 0 Å². The summed E-state index contributed by atoms with van der Waals surface area (Å²) in [7, 11) is 0. The quantitative estimate of drug-likeness (QED) is 0.157. The molecule has 60 heavy (non-hydrogen) atoms. The van der Waals surface area contributed by atoms with Crippen LogP contribution in [0.2, 0.25) is 10.0 Å². The summed E-state index contributed by atoms with van der Waals surface area (Å²) < 4.78 is 116. The Hall–Kier alpha value is -5.72. The lowest BCUT2D eigenvalue weighted by Crippen LogP contribution is -2.13. The number of hydrogen-bond donors (Lipinski definition) is 0. The summed E-state index contributed by atoms with van der Waals surface area (Å²) in [6.07, 6.45) is -9.38. The van der Waals surface area contributed by atoms with E-state index in [9.17, 15) is 35.1 Å². The largest absolute Gasteiger partial charge is 0.472 e. The molecule has 308 valence electrons. The maximum atomic E-state index is 14.2. The van der Waals surface area contributed by atoms with Crippen LogP contribution in [-0.2, 0) is 21.8 Å². The Labute approximate surface area is 349 Å². The van der Waals surface area contributed by atoms with Gasteiger partial charge in [-0.15, -0.1) is 0 Å². The zero-order chi connectivity index (χ0) is 42.9. The SMILES string of the molecule is C[C@@H]1OC(c2c(F)cccc2Cl)=N[C@@H]1c1ccc(-c2ccc(C(F)(F)F)cc2)cc1.C[C@H]1OC(c2c(F)cccc2Cl)=N[C@H]1c1ccc(-c2ccc(C(F)(F)F)cc2)cc1. The second-order valence-corrected chi connectivity index (χ2v) is 14.8. The molecule has 4 nitrogen and oxygen atoms in total. The molecule has 4 atom stereocenters. The molecule has 6 aromatic rings. The summed E-state index contributed by atoms with van der Waals surface area (Å²) in [5.41, 5.74) is 3.49. The van der Waals surface area contributed by atoms with Crippen molar-refractivity contribution in [3.8, 4) is 22.3 Å². The molecule has 0 saturated carbocycles. The number of ether oxygens (including phenoxy) is 2. The fraction of sp³-hybridized carbons (Fsp3) is 0.174. The topological polar surface area (TPSA) is 43.2 Å². The molecule has 0 bridgehead atoms. The van der Waals surface area contributed by atoms with E-state index in [4.69, 9.17) is 32.7 Å². The summed E-state index contributed by atoms with van der Waals surface area (Å²) in [6.45, 7) is 3.67. The number of rotatable bonds is 6. The molecule has 8 rings (SSSR count). The van der Waals surface area contributed by atoms with Gasteiger partial charge in [0.15, 0.2) is 0 Å². The fourth-order valence-corrected chi connectivity index (χ4v) is 7.28. The standard InChI is InChI=1S/2C23H16ClF4NO/c2*1-13-21(29-22(30-13)20-18(24)3-2-4-19(20)25)16-7-5-14(6-8-16)15-9-11-17(12-10-15)23(26,27)28/h2*2-13,21H,1H3/t2*13-,21-/m10/s1. The van der Waals surface area contributed by atoms with Crippen molar-refractivity contribution >= 4 is 35.0 Å². The predicted molar refractivity (Wildman–Crippen MR) is 216 cm³/mol. The van der Waals surface area contributed by atoms with Crippen LogP contribution in [-0.4, -0.2) is 24.0 Å². The summed E-state index contributed by atoms with van der Waals surface area (Å²) in [5, 5.41) is 0.443. The first kappa shape index (κ1) is 42.4. The number of aliphatic imine (C=N–C) groups is 2. The van der Waals surface area contributed by atoms with Crippen molar-refractivity contribution in [3.05, 3.63) is 189 Å². The van der Waals surface area contributed by atoms with Crippen LogP contribution in [0.1, 0.15) is 59.3 Å². The summed E-state index contributed by atoms with van der Waals surface area (Å²) in [4.78, 5) is 9.03. The minimum absolute atomic E-state index is 0.134. The van der Waals surface area contributed by atoms with Crippen molar-refractivity contribution in [1.29, 1.82) is 0 Å². The molecule has 2 aliphatic rings. The highest BCUT2D eigenvalue weighted by atomic mass is 35.5. The van der Waals surface area contributed by atoms with Gasteiger partial charge >= 0.3 is 12.4 Å². The second-order valence-electron chi connectivity index (χ2n) is 14.0. The lowest BCUT2D eigenvalue weighted by molar-refractivity contribution is -0.138. The van der Waals surface area contributed by atoms with E-state index in [2.05, 4.69) is 9.98 Å². The Morgan fingerprint density at radius 1 is 0.450 bits per heavy atom. The number of nitrogens with zero attached hydrogens (tertiary/aromatic N) is 2. The molecule has 0 spiro atoms. The molecule has 2 aliphatic heterocycles. The average molecular weight is 868 g/mol. The summed E-state index contributed by atoms with van der Waals surface area (Å²) >= 11 is 12.2. The smallest absolute Gasteiger partial charge is 0.416 e. The highest BCUT2D eigenvalue weighted by Gasteiger charge is 2.34. The highest BCUT2D eigenvalue weighted by Crippen LogP contribution is 2.37. The van der Waals surface area contributed by atoms with E-state index >= 15 is 0 Å². The van der Waals surface area contributed by atoms with Gasteiger partial charge in [0.25, 0.3) is 0 Å². The third-order valence-corrected chi connectivity index (χ3v) is 10.6. The van der Waals surface area contributed by atoms with Crippen LogP contribution in [0.25, 0.3) is 22.3 Å². The van der Waals surface area contributed by atoms with Crippen molar-refractivity contribution in [2.24, 2.45) is 9.98 Å². The molecule has 0 amide bonds. The molecular weight excluding hydrogens is 835 g/mol. The zero-order valence-electron chi connectivity index (χ0n) is 31.5. The summed E-state index contributed by atoms with van der Waals surface area (Å²) in [6, 6.07) is 32.7. The molecule has 2 heterocycles. The van der Waals surface area contributed by atoms with Crippen molar-refractivity contribution < 1.29 is 44.6 Å². The van der Waals surface area contributed by atoms with Gasteiger partial charge in [0, 0.05) is 0 Å². The first-order valence-corrected chi connectivity index (χ1v) is 19.2. The van der Waals surface area contributed by atoms with E-state index in [0.717, 1.165) is 46.5 Å². The van der Waals surface area contributed by atoms with Gasteiger partial charge in [0.2, 0.25) is 11.8 Å². The van der Waals surface area contributed by atoms with E-state index in [-0.39, 0.29) is 57.3 Å². The lowest BCUT2D eigenvalue weighted by Gasteiger charge is -2.14. The Morgan fingerprint density at radius 3 is 1.03 bits per heavy atom. The molecule has 0 fully saturated rings. The Bertz CT molecular complexity index is 2320. The molecule has 6 aromatic carbocycles. The fourth-order valence-electron chi connectivity index (χ4n) is 6.80. The number of halogens is 10. The number of hydrogen-bond acceptors (Lipinski definition) is 4. The molecule has 0 aromatic heterocycles. The van der Waals surface area contributed by atoms with Crippen LogP contribution >= 0.6 is 23.2 Å². The molecule has 0 radical (unpaired) electrons. The lowest BCUT2D eigenvalue weighted by atomic mass is 9.98. The molecule has 14 heteroatoms. The zero-order valence-corrected chi connectivity index (χ0v) is 33.0. The van der Waals surface area contributed by atoms with Gasteiger partial charge in [-0.3, -0.25) is 0 Å². The minimum Gasteiger partial charge on any atom is -0.472 e. The van der Waals surface area contributed by atoms with E-state index in [1.54, 1.807) is 12.1 Å². The van der Waals surface area contributed by atoms with E-state index < -0.39 is 35.1 Å². The van der Waals surface area contributed by atoms with E-state index in [1.165, 1.54) is 48.5 Å². The van der Waals surface area contributed by atoms with Crippen LogP contribution in [0.4, 0.5) is 35.1 Å². The van der Waals surface area contributed by atoms with Crippen LogP contribution < -0.4 is 0 Å². The first-order chi connectivity index (χ1) is 28.5. The van der Waals surface area contributed by atoms with Gasteiger partial charge in [-0.25, -0.2) is 18.8 Å². The van der Waals surface area contributed by atoms with Gasteiger partial charge < -0.3 is 9.47 Å². The Morgan fingerprint density at radius 2 is 0.750 bits per heavy atom. The van der Waals surface area contributed by atoms with Gasteiger partial charge in [-0.2, -0.15) is 26.3 Å². The third kappa shape index (κ3) is 9.19. The summed E-state index contributed by atoms with van der Waals surface area (Å²) in [5.74, 6) is -0.705. The monoisotopic (exact) mass is 866 g/mol. The van der Waals surface area contributed by atoms with Crippen LogP contribution in [0.5, 0.6) is 0 Å². The van der Waals surface area contributed by atoms with Crippen molar-refractivity contribution in [2.45, 2.75) is 50.5 Å². The highest BCUT2D eigenvalue weighted by molar-refractivity contribution is 6.34. The maximum Gasteiger partial charge on any atom is 0.416 e. The van der Waals surface area contributed by atoms with Crippen LogP contribution in [0, 0.1) is 11.6 Å². The minimum atomic E-state index is -4.36. The molecule has 0 N–H and O–H groups in total. The normalized spacial score (nSPS) is 18.8. The predicted octanol–water partition coefficient (Wildman–Crippen LogP) is 14.1. The third-order valence-electron chi connectivity index (χ3n) is 9.95. The number of alkyl halides is 6. The second kappa shape index (κ2) is 17.1. The van der Waals surface area contributed by atoms with Crippen molar-refractivity contribution in [1.82, 2.24) is 0 Å². The molecule has 0 unspecified atom stereocenters. The van der Waals surface area contributed by atoms with E-state index in [1.807, 2.05) is 62.4 Å². The Balaban J connectivity index is 0.000000181.